The number of rotatable bonds is 2. The maximum absolute atomic E-state index is 11.4. The Labute approximate surface area is 79.4 Å². The van der Waals surface area contributed by atoms with Gasteiger partial charge in [-0.3, -0.25) is 14.9 Å². The lowest BCUT2D eigenvalue weighted by Crippen LogP contribution is -2.13. The van der Waals surface area contributed by atoms with Crippen LogP contribution in [-0.2, 0) is 0 Å². The van der Waals surface area contributed by atoms with Crippen molar-refractivity contribution in [1.29, 1.82) is 0 Å². The van der Waals surface area contributed by atoms with Crippen molar-refractivity contribution < 1.29 is 4.79 Å². The maximum atomic E-state index is 11.4. The average Bonchev–Trinajstić information content (AvgIpc) is 2.72. The molecule has 2 N–H and O–H groups in total. The van der Waals surface area contributed by atoms with Crippen LogP contribution in [-0.4, -0.2) is 26.1 Å². The van der Waals surface area contributed by atoms with Gasteiger partial charge in [0.2, 0.25) is 5.82 Å². The minimum Gasteiger partial charge on any atom is -0.319 e. The Hall–Kier alpha value is -2.24. The lowest BCUT2D eigenvalue weighted by molar-refractivity contribution is 0.101. The Balaban J connectivity index is 2.10. The Morgan fingerprint density at radius 2 is 2.14 bits per heavy atom. The van der Waals surface area contributed by atoms with Crippen molar-refractivity contribution in [3.63, 3.8) is 0 Å². The largest absolute Gasteiger partial charge is 0.319 e. The van der Waals surface area contributed by atoms with E-state index in [1.807, 2.05) is 0 Å². The quantitative estimate of drug-likeness (QED) is 0.718. The van der Waals surface area contributed by atoms with E-state index in [1.165, 1.54) is 6.33 Å². The zero-order valence-electron chi connectivity index (χ0n) is 7.14. The van der Waals surface area contributed by atoms with Gasteiger partial charge < -0.3 is 5.32 Å². The number of hydrogen-bond acceptors (Lipinski definition) is 4. The van der Waals surface area contributed by atoms with Gasteiger partial charge in [0.25, 0.3) is 5.91 Å². The Kier molecular flexibility index (Phi) is 2.18. The van der Waals surface area contributed by atoms with Crippen LogP contribution in [0, 0.1) is 0 Å². The standard InChI is InChI=1S/C8H7N5O/c14-8(7-10-5-11-13-7)12-6-1-3-9-4-2-6/h1-5H,(H,9,12,14)(H,10,11,13). The summed E-state index contributed by atoms with van der Waals surface area (Å²) in [7, 11) is 0. The summed E-state index contributed by atoms with van der Waals surface area (Å²) in [4.78, 5) is 19.0. The minimum absolute atomic E-state index is 0.182. The summed E-state index contributed by atoms with van der Waals surface area (Å²) in [6, 6.07) is 3.38. The summed E-state index contributed by atoms with van der Waals surface area (Å²) in [5.41, 5.74) is 0.668. The third-order valence-corrected chi connectivity index (χ3v) is 1.57. The van der Waals surface area contributed by atoms with Crippen molar-refractivity contribution in [2.24, 2.45) is 0 Å². The summed E-state index contributed by atoms with van der Waals surface area (Å²) < 4.78 is 0. The fourth-order valence-corrected chi connectivity index (χ4v) is 0.940. The molecule has 0 aliphatic rings. The molecule has 0 aliphatic heterocycles. The number of aromatic nitrogens is 4. The number of pyridine rings is 1. The maximum Gasteiger partial charge on any atom is 0.292 e. The highest BCUT2D eigenvalue weighted by atomic mass is 16.2. The van der Waals surface area contributed by atoms with Gasteiger partial charge in [-0.1, -0.05) is 0 Å². The number of amides is 1. The first-order valence-corrected chi connectivity index (χ1v) is 3.93. The molecule has 2 heterocycles. The average molecular weight is 189 g/mol. The molecule has 0 spiro atoms. The second kappa shape index (κ2) is 3.65. The van der Waals surface area contributed by atoms with Crippen molar-refractivity contribution >= 4 is 11.6 Å². The van der Waals surface area contributed by atoms with Crippen molar-refractivity contribution in [1.82, 2.24) is 20.2 Å². The van der Waals surface area contributed by atoms with E-state index in [9.17, 15) is 4.79 Å². The predicted octanol–water partition coefficient (Wildman–Crippen LogP) is 0.452. The highest BCUT2D eigenvalue weighted by Crippen LogP contribution is 2.04. The number of nitrogens with one attached hydrogen (secondary N) is 2. The first-order chi connectivity index (χ1) is 6.86. The highest BCUT2D eigenvalue weighted by Gasteiger charge is 2.07. The molecule has 0 unspecified atom stereocenters. The van der Waals surface area contributed by atoms with Crippen LogP contribution in [0.15, 0.2) is 30.9 Å². The zero-order valence-corrected chi connectivity index (χ0v) is 7.14. The van der Waals surface area contributed by atoms with Gasteiger partial charge in [-0.2, -0.15) is 5.10 Å². The molecule has 0 fully saturated rings. The molecule has 1 amide bonds. The number of H-pyrrole nitrogens is 1. The van der Waals surface area contributed by atoms with E-state index in [-0.39, 0.29) is 11.7 Å². The minimum atomic E-state index is -0.325. The monoisotopic (exact) mass is 189 g/mol. The molecule has 0 aliphatic carbocycles. The van der Waals surface area contributed by atoms with Crippen LogP contribution in [0.5, 0.6) is 0 Å². The normalized spacial score (nSPS) is 9.71. The molecule has 0 saturated carbocycles. The third kappa shape index (κ3) is 1.74. The van der Waals surface area contributed by atoms with Gasteiger partial charge in [-0.05, 0) is 12.1 Å². The van der Waals surface area contributed by atoms with Gasteiger partial charge in [0, 0.05) is 18.1 Å². The Bertz CT molecular complexity index is 411. The molecule has 6 nitrogen and oxygen atoms in total. The SMILES string of the molecule is O=C(Nc1ccncc1)c1ncn[nH]1. The summed E-state index contributed by atoms with van der Waals surface area (Å²) in [6.07, 6.45) is 4.47. The van der Waals surface area contributed by atoms with Gasteiger partial charge in [0.15, 0.2) is 0 Å². The lowest BCUT2D eigenvalue weighted by atomic mass is 10.4. The van der Waals surface area contributed by atoms with Gasteiger partial charge in [-0.25, -0.2) is 4.98 Å². The molecule has 14 heavy (non-hydrogen) atoms. The Morgan fingerprint density at radius 3 is 2.79 bits per heavy atom. The molecule has 2 aromatic heterocycles. The molecule has 70 valence electrons. The van der Waals surface area contributed by atoms with E-state index in [0.29, 0.717) is 5.69 Å². The van der Waals surface area contributed by atoms with Crippen molar-refractivity contribution in [2.45, 2.75) is 0 Å². The van der Waals surface area contributed by atoms with Crippen LogP contribution in [0.25, 0.3) is 0 Å². The fraction of sp³-hybridized carbons (Fsp3) is 0. The van der Waals surface area contributed by atoms with Gasteiger partial charge in [0.05, 0.1) is 0 Å². The van der Waals surface area contributed by atoms with Crippen molar-refractivity contribution in [3.8, 4) is 0 Å². The first kappa shape index (κ1) is 8.36. The molecule has 2 aromatic rings. The van der Waals surface area contributed by atoms with Crippen LogP contribution in [0.3, 0.4) is 0 Å². The highest BCUT2D eigenvalue weighted by molar-refractivity contribution is 6.01. The van der Waals surface area contributed by atoms with E-state index >= 15 is 0 Å². The molecular formula is C8H7N5O. The van der Waals surface area contributed by atoms with Crippen LogP contribution in [0.2, 0.25) is 0 Å². The molecule has 0 aromatic carbocycles. The Morgan fingerprint density at radius 1 is 1.36 bits per heavy atom. The van der Waals surface area contributed by atoms with Crippen LogP contribution in [0.4, 0.5) is 5.69 Å². The zero-order chi connectivity index (χ0) is 9.80. The van der Waals surface area contributed by atoms with Crippen LogP contribution >= 0.6 is 0 Å². The summed E-state index contributed by atoms with van der Waals surface area (Å²) in [6.45, 7) is 0. The van der Waals surface area contributed by atoms with Crippen molar-refractivity contribution in [3.05, 3.63) is 36.7 Å². The summed E-state index contributed by atoms with van der Waals surface area (Å²) >= 11 is 0. The van der Waals surface area contributed by atoms with E-state index in [2.05, 4.69) is 25.5 Å². The number of carbonyl (C=O) groups excluding carboxylic acids is 1. The molecule has 0 saturated heterocycles. The number of anilines is 1. The second-order valence-electron chi connectivity index (χ2n) is 2.52. The fourth-order valence-electron chi connectivity index (χ4n) is 0.940. The first-order valence-electron chi connectivity index (χ1n) is 3.93. The smallest absolute Gasteiger partial charge is 0.292 e. The molecule has 6 heteroatoms. The molecular weight excluding hydrogens is 182 g/mol. The summed E-state index contributed by atoms with van der Waals surface area (Å²) in [5.74, 6) is -0.143. The van der Waals surface area contributed by atoms with Gasteiger partial charge in [-0.15, -0.1) is 0 Å². The number of carbonyl (C=O) groups is 1. The summed E-state index contributed by atoms with van der Waals surface area (Å²) in [5, 5.41) is 8.68. The molecule has 0 radical (unpaired) electrons. The number of nitrogens with zero attached hydrogens (tertiary/aromatic N) is 3. The lowest BCUT2D eigenvalue weighted by Gasteiger charge is -2.00. The second-order valence-corrected chi connectivity index (χ2v) is 2.52. The van der Waals surface area contributed by atoms with E-state index in [1.54, 1.807) is 24.5 Å². The predicted molar refractivity (Wildman–Crippen MR) is 48.6 cm³/mol. The van der Waals surface area contributed by atoms with E-state index < -0.39 is 0 Å². The van der Waals surface area contributed by atoms with E-state index in [4.69, 9.17) is 0 Å². The molecule has 2 rings (SSSR count). The van der Waals surface area contributed by atoms with Gasteiger partial charge >= 0.3 is 0 Å². The van der Waals surface area contributed by atoms with Crippen LogP contribution < -0.4 is 5.32 Å². The van der Waals surface area contributed by atoms with Crippen LogP contribution in [0.1, 0.15) is 10.6 Å². The van der Waals surface area contributed by atoms with Gasteiger partial charge in [0.1, 0.15) is 6.33 Å². The topological polar surface area (TPSA) is 83.6 Å². The van der Waals surface area contributed by atoms with E-state index in [0.717, 1.165) is 0 Å². The molecule has 0 atom stereocenters. The number of hydrogen-bond donors (Lipinski definition) is 2. The van der Waals surface area contributed by atoms with Crippen molar-refractivity contribution in [2.75, 3.05) is 5.32 Å². The third-order valence-electron chi connectivity index (χ3n) is 1.57. The number of aromatic amines is 1. The molecule has 0 bridgehead atoms.